The van der Waals surface area contributed by atoms with E-state index in [1.54, 1.807) is 24.3 Å². The van der Waals surface area contributed by atoms with Gasteiger partial charge in [0.25, 0.3) is 5.56 Å². The molecule has 0 unspecified atom stereocenters. The van der Waals surface area contributed by atoms with Gasteiger partial charge in [-0.25, -0.2) is 9.89 Å². The summed E-state index contributed by atoms with van der Waals surface area (Å²) in [4.78, 5) is 37.5. The highest BCUT2D eigenvalue weighted by Crippen LogP contribution is 2.27. The lowest BCUT2D eigenvalue weighted by atomic mass is 10.1. The van der Waals surface area contributed by atoms with Crippen LogP contribution in [0.2, 0.25) is 0 Å². The quantitative estimate of drug-likeness (QED) is 0.375. The number of hydrogen-bond donors (Lipinski definition) is 1. The summed E-state index contributed by atoms with van der Waals surface area (Å²) in [6, 6.07) is 14.9. The molecule has 1 aliphatic carbocycles. The van der Waals surface area contributed by atoms with Gasteiger partial charge in [-0.15, -0.1) is 0 Å². The average Bonchev–Trinajstić information content (AvgIpc) is 3.40. The number of carbonyl (C=O) groups excluding carboxylic acids is 2. The number of carbonyl (C=O) groups is 2. The lowest BCUT2D eigenvalue weighted by molar-refractivity contribution is 0.0469. The number of aromatic nitrogens is 3. The maximum absolute atomic E-state index is 12.9. The second-order valence-electron chi connectivity index (χ2n) is 8.37. The average molecular weight is 441 g/mol. The lowest BCUT2D eigenvalue weighted by Crippen LogP contribution is -2.19. The number of ether oxygens (including phenoxy) is 1. The van der Waals surface area contributed by atoms with Crippen LogP contribution in [0.1, 0.15) is 49.8 Å². The molecule has 33 heavy (non-hydrogen) atoms. The molecule has 1 aliphatic rings. The Kier molecular flexibility index (Phi) is 5.17. The molecule has 7 nitrogen and oxygen atoms in total. The molecule has 0 bridgehead atoms. The zero-order chi connectivity index (χ0) is 23.1. The van der Waals surface area contributed by atoms with Crippen LogP contribution in [-0.2, 0) is 17.6 Å². The first kappa shape index (κ1) is 20.9. The molecule has 0 aliphatic heterocycles. The fraction of sp³-hybridized carbons (Fsp3) is 0.231. The third kappa shape index (κ3) is 3.65. The Labute approximate surface area is 190 Å². The van der Waals surface area contributed by atoms with E-state index in [0.29, 0.717) is 16.3 Å². The van der Waals surface area contributed by atoms with E-state index in [-0.39, 0.29) is 11.5 Å². The molecule has 0 saturated carbocycles. The lowest BCUT2D eigenvalue weighted by Gasteiger charge is -2.12. The van der Waals surface area contributed by atoms with Crippen molar-refractivity contribution in [2.45, 2.75) is 33.1 Å². The highest BCUT2D eigenvalue weighted by atomic mass is 16.5. The van der Waals surface area contributed by atoms with Crippen LogP contribution >= 0.6 is 0 Å². The minimum absolute atomic E-state index is 0.0263. The van der Waals surface area contributed by atoms with E-state index in [4.69, 9.17) is 4.74 Å². The molecule has 0 radical (unpaired) electrons. The van der Waals surface area contributed by atoms with Crippen LogP contribution in [0.5, 0.6) is 0 Å². The first-order chi connectivity index (χ1) is 15.9. The first-order valence-electron chi connectivity index (χ1n) is 10.9. The minimum atomic E-state index is -0.761. The highest BCUT2D eigenvalue weighted by Gasteiger charge is 2.21. The number of benzene rings is 2. The summed E-state index contributed by atoms with van der Waals surface area (Å²) >= 11 is 0. The van der Waals surface area contributed by atoms with Crippen LogP contribution in [-0.4, -0.2) is 33.1 Å². The normalized spacial score (nSPS) is 12.7. The predicted molar refractivity (Wildman–Crippen MR) is 124 cm³/mol. The van der Waals surface area contributed by atoms with Crippen LogP contribution in [0.4, 0.5) is 0 Å². The fourth-order valence-corrected chi connectivity index (χ4v) is 4.69. The van der Waals surface area contributed by atoms with Crippen molar-refractivity contribution in [3.8, 4) is 5.69 Å². The zero-order valence-electron chi connectivity index (χ0n) is 18.5. The van der Waals surface area contributed by atoms with Crippen LogP contribution in [0.15, 0.2) is 53.3 Å². The number of fused-ring (bicyclic) bond motifs is 2. The van der Waals surface area contributed by atoms with Crippen molar-refractivity contribution < 1.29 is 14.3 Å². The second kappa shape index (κ2) is 8.16. The van der Waals surface area contributed by atoms with E-state index in [2.05, 4.69) is 33.0 Å². The van der Waals surface area contributed by atoms with Gasteiger partial charge in [-0.05, 0) is 68.5 Å². The molecule has 0 saturated heterocycles. The molecule has 1 N–H and O–H groups in total. The minimum Gasteiger partial charge on any atom is -0.452 e. The van der Waals surface area contributed by atoms with E-state index in [1.165, 1.54) is 17.5 Å². The molecule has 4 aromatic rings. The summed E-state index contributed by atoms with van der Waals surface area (Å²) in [5, 5.41) is 6.86. The van der Waals surface area contributed by atoms with Gasteiger partial charge in [0.05, 0.1) is 5.39 Å². The first-order valence-corrected chi connectivity index (χ1v) is 10.9. The zero-order valence-corrected chi connectivity index (χ0v) is 18.5. The van der Waals surface area contributed by atoms with Crippen molar-refractivity contribution in [2.24, 2.45) is 0 Å². The van der Waals surface area contributed by atoms with Crippen molar-refractivity contribution in [1.82, 2.24) is 14.8 Å². The van der Waals surface area contributed by atoms with Gasteiger partial charge in [0.1, 0.15) is 0 Å². The number of H-pyrrole nitrogens is 1. The van der Waals surface area contributed by atoms with Gasteiger partial charge in [-0.1, -0.05) is 24.3 Å². The van der Waals surface area contributed by atoms with Crippen LogP contribution in [0.25, 0.3) is 16.5 Å². The standard InChI is InChI=1S/C26H23N3O4/c1-15-12-22(16(2)29(15)19-11-10-17-6-5-7-18(17)13-19)23(30)14-33-26(32)24-20-8-3-4-9-21(20)25(31)28-27-24/h3-4,8-13H,5-7,14H2,1-2H3,(H,28,31). The van der Waals surface area contributed by atoms with Crippen molar-refractivity contribution in [2.75, 3.05) is 6.61 Å². The third-order valence-corrected chi connectivity index (χ3v) is 6.30. The summed E-state index contributed by atoms with van der Waals surface area (Å²) in [5.74, 6) is -1.05. The van der Waals surface area contributed by atoms with E-state index in [9.17, 15) is 14.4 Å². The molecule has 2 heterocycles. The van der Waals surface area contributed by atoms with Crippen molar-refractivity contribution in [1.29, 1.82) is 0 Å². The number of aryl methyl sites for hydroxylation is 3. The number of hydrogen-bond acceptors (Lipinski definition) is 5. The van der Waals surface area contributed by atoms with Crippen LogP contribution < -0.4 is 5.56 Å². The Hall–Kier alpha value is -4.00. The van der Waals surface area contributed by atoms with Gasteiger partial charge < -0.3 is 9.30 Å². The highest BCUT2D eigenvalue weighted by molar-refractivity contribution is 6.04. The molecule has 0 amide bonds. The van der Waals surface area contributed by atoms with Crippen LogP contribution in [0.3, 0.4) is 0 Å². The molecule has 2 aromatic heterocycles. The Morgan fingerprint density at radius 1 is 1.03 bits per heavy atom. The third-order valence-electron chi connectivity index (χ3n) is 6.30. The predicted octanol–water partition coefficient (Wildman–Crippen LogP) is 3.86. The van der Waals surface area contributed by atoms with E-state index in [0.717, 1.165) is 29.9 Å². The smallest absolute Gasteiger partial charge is 0.359 e. The van der Waals surface area contributed by atoms with Gasteiger partial charge in [-0.3, -0.25) is 9.59 Å². The Morgan fingerprint density at radius 2 is 1.79 bits per heavy atom. The molecular weight excluding hydrogens is 418 g/mol. The monoisotopic (exact) mass is 441 g/mol. The van der Waals surface area contributed by atoms with Gasteiger partial charge in [-0.2, -0.15) is 5.10 Å². The van der Waals surface area contributed by atoms with Crippen LogP contribution in [0, 0.1) is 13.8 Å². The largest absolute Gasteiger partial charge is 0.452 e. The molecule has 166 valence electrons. The molecular formula is C26H23N3O4. The topological polar surface area (TPSA) is 94.1 Å². The number of rotatable bonds is 5. The Morgan fingerprint density at radius 3 is 2.61 bits per heavy atom. The second-order valence-corrected chi connectivity index (χ2v) is 8.37. The number of ketones is 1. The molecule has 2 aromatic carbocycles. The number of aromatic amines is 1. The number of nitrogens with one attached hydrogen (secondary N) is 1. The summed E-state index contributed by atoms with van der Waals surface area (Å²) in [5.41, 5.74) is 5.63. The maximum Gasteiger partial charge on any atom is 0.359 e. The van der Waals surface area contributed by atoms with Gasteiger partial charge in [0.15, 0.2) is 12.3 Å². The number of nitrogens with zero attached hydrogens (tertiary/aromatic N) is 2. The van der Waals surface area contributed by atoms with Gasteiger partial charge in [0, 0.05) is 28.0 Å². The summed E-state index contributed by atoms with van der Waals surface area (Å²) in [6.07, 6.45) is 3.38. The summed E-state index contributed by atoms with van der Waals surface area (Å²) in [6.45, 7) is 3.44. The molecule has 7 heteroatoms. The fourth-order valence-electron chi connectivity index (χ4n) is 4.69. The Bertz CT molecular complexity index is 1480. The summed E-state index contributed by atoms with van der Waals surface area (Å²) in [7, 11) is 0. The van der Waals surface area contributed by atoms with Crippen molar-refractivity contribution >= 4 is 22.5 Å². The molecule has 5 rings (SSSR count). The summed E-state index contributed by atoms with van der Waals surface area (Å²) < 4.78 is 7.34. The molecule has 0 atom stereocenters. The maximum atomic E-state index is 12.9. The van der Waals surface area contributed by atoms with Crippen molar-refractivity contribution in [3.63, 3.8) is 0 Å². The molecule has 0 spiro atoms. The number of esters is 1. The van der Waals surface area contributed by atoms with E-state index in [1.807, 2.05) is 19.9 Å². The van der Waals surface area contributed by atoms with Gasteiger partial charge in [0.2, 0.25) is 5.78 Å². The van der Waals surface area contributed by atoms with Crippen molar-refractivity contribution in [3.05, 3.63) is 92.7 Å². The van der Waals surface area contributed by atoms with E-state index >= 15 is 0 Å². The number of Topliss-reactive ketones (excluding diaryl/α,β-unsaturated/α-hetero) is 1. The Balaban J connectivity index is 1.37. The SMILES string of the molecule is Cc1cc(C(=O)COC(=O)c2n[nH]c(=O)c3ccccc23)c(C)n1-c1ccc2c(c1)CCC2. The van der Waals surface area contributed by atoms with E-state index < -0.39 is 18.1 Å². The molecule has 0 fully saturated rings. The van der Waals surface area contributed by atoms with Gasteiger partial charge >= 0.3 is 5.97 Å².